The molecule has 0 N–H and O–H groups in total. The first-order valence-corrected chi connectivity index (χ1v) is 5.67. The van der Waals surface area contributed by atoms with Gasteiger partial charge in [0.15, 0.2) is 0 Å². The van der Waals surface area contributed by atoms with E-state index in [-0.39, 0.29) is 0 Å². The van der Waals surface area contributed by atoms with Crippen molar-refractivity contribution >= 4 is 0 Å². The predicted octanol–water partition coefficient (Wildman–Crippen LogP) is 3.67. The highest BCUT2D eigenvalue weighted by Crippen LogP contribution is 2.04. The van der Waals surface area contributed by atoms with Gasteiger partial charge >= 0.3 is 0 Å². The molecule has 0 saturated carbocycles. The lowest BCUT2D eigenvalue weighted by molar-refractivity contribution is 0.596. The Labute approximate surface area is 89.3 Å². The summed E-state index contributed by atoms with van der Waals surface area (Å²) in [5.41, 5.74) is 1.31. The third kappa shape index (κ3) is 6.70. The van der Waals surface area contributed by atoms with Crippen LogP contribution >= 0.6 is 0 Å². The van der Waals surface area contributed by atoms with Crippen LogP contribution in [-0.4, -0.2) is 9.78 Å². The summed E-state index contributed by atoms with van der Waals surface area (Å²) in [5.74, 6) is 0.718. The van der Waals surface area contributed by atoms with Crippen molar-refractivity contribution in [3.05, 3.63) is 18.0 Å². The normalized spacial score (nSPS) is 8.57. The number of hydrogen-bond acceptors (Lipinski definition) is 1. The van der Waals surface area contributed by atoms with Crippen molar-refractivity contribution in [2.45, 2.75) is 48.0 Å². The fourth-order valence-corrected chi connectivity index (χ4v) is 1.02. The van der Waals surface area contributed by atoms with Crippen LogP contribution < -0.4 is 0 Å². The molecule has 0 amide bonds. The molecule has 0 bridgehead atoms. The van der Waals surface area contributed by atoms with Crippen LogP contribution in [0.2, 0.25) is 0 Å². The molecule has 0 radical (unpaired) electrons. The smallest absolute Gasteiger partial charge is 0.0492 e. The monoisotopic (exact) mass is 198 g/mol. The van der Waals surface area contributed by atoms with Gasteiger partial charge in [-0.3, -0.25) is 4.68 Å². The van der Waals surface area contributed by atoms with Crippen molar-refractivity contribution in [1.29, 1.82) is 0 Å². The molecule has 1 aromatic rings. The minimum atomic E-state index is 0.718. The average Bonchev–Trinajstić information content (AvgIpc) is 2.58. The SMILES string of the molecule is CC.CC.CC(C)Cc1ccnn1C. The molecule has 1 rings (SSSR count). The van der Waals surface area contributed by atoms with Crippen LogP contribution in [0.25, 0.3) is 0 Å². The molecule has 2 nitrogen and oxygen atoms in total. The number of rotatable bonds is 2. The molecule has 0 saturated heterocycles. The van der Waals surface area contributed by atoms with Gasteiger partial charge in [0.1, 0.15) is 0 Å². The van der Waals surface area contributed by atoms with E-state index in [0.717, 1.165) is 12.3 Å². The zero-order valence-corrected chi connectivity index (χ0v) is 10.8. The zero-order chi connectivity index (χ0) is 11.6. The van der Waals surface area contributed by atoms with Crippen LogP contribution in [0.1, 0.15) is 47.2 Å². The second-order valence-corrected chi connectivity index (χ2v) is 3.04. The van der Waals surface area contributed by atoms with E-state index in [9.17, 15) is 0 Å². The van der Waals surface area contributed by atoms with Crippen LogP contribution in [0.3, 0.4) is 0 Å². The van der Waals surface area contributed by atoms with Crippen molar-refractivity contribution in [1.82, 2.24) is 9.78 Å². The first-order chi connectivity index (χ1) is 6.70. The largest absolute Gasteiger partial charge is 0.273 e. The quantitative estimate of drug-likeness (QED) is 0.709. The molecule has 2 heteroatoms. The minimum Gasteiger partial charge on any atom is -0.273 e. The van der Waals surface area contributed by atoms with Crippen molar-refractivity contribution in [3.63, 3.8) is 0 Å². The van der Waals surface area contributed by atoms with Gasteiger partial charge in [0, 0.05) is 18.9 Å². The van der Waals surface area contributed by atoms with Crippen molar-refractivity contribution < 1.29 is 0 Å². The maximum absolute atomic E-state index is 4.09. The topological polar surface area (TPSA) is 17.8 Å². The van der Waals surface area contributed by atoms with Gasteiger partial charge < -0.3 is 0 Å². The molecular formula is C12H26N2. The molecule has 0 aliphatic rings. The van der Waals surface area contributed by atoms with E-state index in [1.807, 2.05) is 45.6 Å². The lowest BCUT2D eigenvalue weighted by Gasteiger charge is -2.03. The fraction of sp³-hybridized carbons (Fsp3) is 0.750. The van der Waals surface area contributed by atoms with E-state index in [0.29, 0.717) is 0 Å². The van der Waals surface area contributed by atoms with E-state index < -0.39 is 0 Å². The summed E-state index contributed by atoms with van der Waals surface area (Å²) < 4.78 is 1.93. The van der Waals surface area contributed by atoms with Crippen molar-refractivity contribution in [2.24, 2.45) is 13.0 Å². The third-order valence-electron chi connectivity index (χ3n) is 1.54. The van der Waals surface area contributed by atoms with Gasteiger partial charge in [-0.2, -0.15) is 5.10 Å². The molecule has 0 unspecified atom stereocenters. The maximum atomic E-state index is 4.09. The summed E-state index contributed by atoms with van der Waals surface area (Å²) in [6.45, 7) is 12.4. The lowest BCUT2D eigenvalue weighted by Crippen LogP contribution is -2.01. The van der Waals surface area contributed by atoms with E-state index >= 15 is 0 Å². The fourth-order valence-electron chi connectivity index (χ4n) is 1.02. The van der Waals surface area contributed by atoms with Gasteiger partial charge in [0.25, 0.3) is 0 Å². The van der Waals surface area contributed by atoms with Crippen LogP contribution in [0.4, 0.5) is 0 Å². The number of hydrogen-bond donors (Lipinski definition) is 0. The van der Waals surface area contributed by atoms with Gasteiger partial charge in [0.05, 0.1) is 0 Å². The Kier molecular flexibility index (Phi) is 11.5. The number of nitrogens with zero attached hydrogens (tertiary/aromatic N) is 2. The Morgan fingerprint density at radius 2 is 1.71 bits per heavy atom. The molecule has 0 aliphatic carbocycles. The molecule has 84 valence electrons. The van der Waals surface area contributed by atoms with E-state index in [1.54, 1.807) is 0 Å². The molecule has 0 fully saturated rings. The summed E-state index contributed by atoms with van der Waals surface area (Å²) >= 11 is 0. The van der Waals surface area contributed by atoms with Gasteiger partial charge in [-0.1, -0.05) is 41.5 Å². The van der Waals surface area contributed by atoms with Crippen LogP contribution in [0, 0.1) is 5.92 Å². The van der Waals surface area contributed by atoms with Crippen LogP contribution in [-0.2, 0) is 13.5 Å². The molecule has 1 aromatic heterocycles. The molecule has 1 heterocycles. The summed E-state index contributed by atoms with van der Waals surface area (Å²) in [6, 6.07) is 2.07. The third-order valence-corrected chi connectivity index (χ3v) is 1.54. The standard InChI is InChI=1S/C8H14N2.2C2H6/c1-7(2)6-8-4-5-9-10(8)3;2*1-2/h4-5,7H,6H2,1-3H3;2*1-2H3. The first-order valence-electron chi connectivity index (χ1n) is 5.67. The summed E-state index contributed by atoms with van der Waals surface area (Å²) in [5, 5.41) is 4.09. The number of aryl methyl sites for hydroxylation is 1. The van der Waals surface area contributed by atoms with E-state index in [4.69, 9.17) is 0 Å². The van der Waals surface area contributed by atoms with Crippen molar-refractivity contribution in [2.75, 3.05) is 0 Å². The number of aromatic nitrogens is 2. The highest BCUT2D eigenvalue weighted by molar-refractivity contribution is 5.00. The molecule has 0 atom stereocenters. The van der Waals surface area contributed by atoms with Crippen molar-refractivity contribution in [3.8, 4) is 0 Å². The van der Waals surface area contributed by atoms with Gasteiger partial charge in [-0.15, -0.1) is 0 Å². The van der Waals surface area contributed by atoms with Crippen LogP contribution in [0.15, 0.2) is 12.3 Å². The first kappa shape index (κ1) is 15.7. The molecule has 14 heavy (non-hydrogen) atoms. The Morgan fingerprint density at radius 1 is 1.21 bits per heavy atom. The minimum absolute atomic E-state index is 0.718. The second kappa shape index (κ2) is 10.3. The average molecular weight is 198 g/mol. The molecule has 0 spiro atoms. The Hall–Kier alpha value is -0.790. The lowest BCUT2D eigenvalue weighted by atomic mass is 10.1. The summed E-state index contributed by atoms with van der Waals surface area (Å²) in [6.07, 6.45) is 2.97. The predicted molar refractivity (Wildman–Crippen MR) is 64.4 cm³/mol. The van der Waals surface area contributed by atoms with Crippen LogP contribution in [0.5, 0.6) is 0 Å². The van der Waals surface area contributed by atoms with Gasteiger partial charge in [-0.25, -0.2) is 0 Å². The molecular weight excluding hydrogens is 172 g/mol. The maximum Gasteiger partial charge on any atom is 0.0492 e. The summed E-state index contributed by atoms with van der Waals surface area (Å²) in [4.78, 5) is 0. The molecule has 0 aromatic carbocycles. The zero-order valence-electron chi connectivity index (χ0n) is 10.8. The second-order valence-electron chi connectivity index (χ2n) is 3.04. The van der Waals surface area contributed by atoms with E-state index in [1.165, 1.54) is 5.69 Å². The highest BCUT2D eigenvalue weighted by atomic mass is 15.2. The summed E-state index contributed by atoms with van der Waals surface area (Å²) in [7, 11) is 1.98. The molecule has 0 aliphatic heterocycles. The Morgan fingerprint density at radius 3 is 2.00 bits per heavy atom. The Balaban J connectivity index is 0. The highest BCUT2D eigenvalue weighted by Gasteiger charge is 1.99. The van der Waals surface area contributed by atoms with E-state index in [2.05, 4.69) is 25.0 Å². The Bertz CT molecular complexity index is 202. The van der Waals surface area contributed by atoms with Gasteiger partial charge in [0.2, 0.25) is 0 Å². The van der Waals surface area contributed by atoms with Gasteiger partial charge in [-0.05, 0) is 18.4 Å².